The van der Waals surface area contributed by atoms with Gasteiger partial charge in [0.2, 0.25) is 0 Å². The highest BCUT2D eigenvalue weighted by Gasteiger charge is 2.14. The Labute approximate surface area is 383 Å². The summed E-state index contributed by atoms with van der Waals surface area (Å²) in [5, 5.41) is 0. The van der Waals surface area contributed by atoms with Crippen molar-refractivity contribution < 1.29 is 0 Å². The average molecular weight is 845 g/mol. The van der Waals surface area contributed by atoms with Gasteiger partial charge in [-0.2, -0.15) is 0 Å². The second kappa shape index (κ2) is 18.0. The predicted molar refractivity (Wildman–Crippen MR) is 268 cm³/mol. The number of hydrogen-bond acceptors (Lipinski definition) is 6. The largest absolute Gasteiger partial charge is 0.264 e. The summed E-state index contributed by atoms with van der Waals surface area (Å²) in [6, 6.07) is 75.9. The molecular weight excluding hydrogens is 805 g/mol. The molecule has 0 aliphatic rings. The molecule has 6 heteroatoms. The lowest BCUT2D eigenvalue weighted by Gasteiger charge is -2.12. The highest BCUT2D eigenvalue weighted by atomic mass is 14.9. The Kier molecular flexibility index (Phi) is 10.9. The summed E-state index contributed by atoms with van der Waals surface area (Å²) in [6.45, 7) is 0. The van der Waals surface area contributed by atoms with E-state index in [9.17, 15) is 0 Å². The van der Waals surface area contributed by atoms with Gasteiger partial charge in [-0.3, -0.25) is 9.97 Å². The molecule has 11 aromatic rings. The van der Waals surface area contributed by atoms with Gasteiger partial charge in [0.05, 0.1) is 22.8 Å². The molecule has 7 aromatic carbocycles. The molecule has 0 saturated carbocycles. The first-order valence-corrected chi connectivity index (χ1v) is 21.9. The van der Waals surface area contributed by atoms with E-state index in [1.54, 1.807) is 12.4 Å². The zero-order chi connectivity index (χ0) is 44.1. The number of aromatic nitrogens is 6. The van der Waals surface area contributed by atoms with Crippen molar-refractivity contribution >= 4 is 0 Å². The van der Waals surface area contributed by atoms with Gasteiger partial charge in [-0.1, -0.05) is 152 Å². The van der Waals surface area contributed by atoms with Crippen LogP contribution in [0.25, 0.3) is 112 Å². The van der Waals surface area contributed by atoms with E-state index in [1.165, 1.54) is 0 Å². The van der Waals surface area contributed by atoms with E-state index < -0.39 is 0 Å². The molecule has 0 atom stereocenters. The predicted octanol–water partition coefficient (Wildman–Crippen LogP) is 14.7. The third kappa shape index (κ3) is 8.54. The van der Waals surface area contributed by atoms with Crippen molar-refractivity contribution in [1.29, 1.82) is 0 Å². The van der Waals surface area contributed by atoms with Crippen molar-refractivity contribution in [2.45, 2.75) is 0 Å². The van der Waals surface area contributed by atoms with E-state index in [2.05, 4.69) is 168 Å². The highest BCUT2D eigenvalue weighted by molar-refractivity contribution is 5.82. The van der Waals surface area contributed by atoms with Gasteiger partial charge in [0.25, 0.3) is 0 Å². The topological polar surface area (TPSA) is 77.3 Å². The minimum absolute atomic E-state index is 0.640. The maximum Gasteiger partial charge on any atom is 0.161 e. The van der Waals surface area contributed by atoms with Crippen LogP contribution in [0.4, 0.5) is 0 Å². The molecule has 0 saturated heterocycles. The zero-order valence-corrected chi connectivity index (χ0v) is 35.8. The summed E-state index contributed by atoms with van der Waals surface area (Å²) in [5.41, 5.74) is 18.3. The molecule has 0 fully saturated rings. The van der Waals surface area contributed by atoms with Crippen molar-refractivity contribution in [3.63, 3.8) is 0 Å². The summed E-state index contributed by atoms with van der Waals surface area (Å²) in [5.74, 6) is 1.28. The van der Waals surface area contributed by atoms with Crippen LogP contribution in [0, 0.1) is 0 Å². The molecule has 0 aliphatic heterocycles. The molecule has 4 heterocycles. The molecule has 0 bridgehead atoms. The maximum atomic E-state index is 5.05. The second-order valence-electron chi connectivity index (χ2n) is 16.0. The van der Waals surface area contributed by atoms with Crippen LogP contribution < -0.4 is 0 Å². The summed E-state index contributed by atoms with van der Waals surface area (Å²) in [7, 11) is 0. The van der Waals surface area contributed by atoms with E-state index in [-0.39, 0.29) is 0 Å². The zero-order valence-electron chi connectivity index (χ0n) is 35.8. The molecule has 0 aliphatic carbocycles. The van der Waals surface area contributed by atoms with E-state index in [0.717, 1.165) is 101 Å². The Morgan fingerprint density at radius 2 is 0.455 bits per heavy atom. The van der Waals surface area contributed by atoms with Gasteiger partial charge in [-0.05, 0) is 111 Å². The molecule has 6 nitrogen and oxygen atoms in total. The van der Waals surface area contributed by atoms with E-state index >= 15 is 0 Å². The minimum Gasteiger partial charge on any atom is -0.264 e. The van der Waals surface area contributed by atoms with E-state index in [0.29, 0.717) is 11.6 Å². The SMILES string of the molecule is c1ccc(-c2cc(-c3cccc(-c4cccc(-c5cccc(-c6cccc(-c7cccc(-c8cc(-c9ccccc9)nc(-c9cccnc9)n8)c7)c6)c5)c4)c3)nc(-c3cccnc3)n2)cc1. The molecule has 66 heavy (non-hydrogen) atoms. The van der Waals surface area contributed by atoms with Crippen molar-refractivity contribution in [2.24, 2.45) is 0 Å². The van der Waals surface area contributed by atoms with Gasteiger partial charge in [0.1, 0.15) is 0 Å². The maximum absolute atomic E-state index is 5.05. The van der Waals surface area contributed by atoms with Crippen molar-refractivity contribution in [2.75, 3.05) is 0 Å². The van der Waals surface area contributed by atoms with Crippen LogP contribution in [0.15, 0.2) is 243 Å². The lowest BCUT2D eigenvalue weighted by atomic mass is 9.94. The Bertz CT molecular complexity index is 3120. The van der Waals surface area contributed by atoms with Gasteiger partial charge < -0.3 is 0 Å². The summed E-state index contributed by atoms with van der Waals surface area (Å²) in [4.78, 5) is 28.7. The quantitative estimate of drug-likeness (QED) is 0.136. The fraction of sp³-hybridized carbons (Fsp3) is 0. The Balaban J connectivity index is 0.891. The first kappa shape index (κ1) is 39.8. The molecule has 11 rings (SSSR count). The van der Waals surface area contributed by atoms with Crippen LogP contribution in [0.5, 0.6) is 0 Å². The Hall–Kier alpha value is -9.00. The van der Waals surface area contributed by atoms with Crippen LogP contribution in [-0.4, -0.2) is 29.9 Å². The van der Waals surface area contributed by atoms with Crippen molar-refractivity contribution in [3.05, 3.63) is 243 Å². The number of nitrogens with zero attached hydrogens (tertiary/aromatic N) is 6. The molecule has 0 radical (unpaired) electrons. The number of benzene rings is 7. The summed E-state index contributed by atoms with van der Waals surface area (Å²) in [6.07, 6.45) is 7.15. The first-order chi connectivity index (χ1) is 32.7. The van der Waals surface area contributed by atoms with Crippen molar-refractivity contribution in [1.82, 2.24) is 29.9 Å². The fourth-order valence-electron chi connectivity index (χ4n) is 8.30. The molecule has 0 unspecified atom stereocenters. The van der Waals surface area contributed by atoms with Gasteiger partial charge in [0, 0.05) is 58.2 Å². The third-order valence-electron chi connectivity index (χ3n) is 11.7. The van der Waals surface area contributed by atoms with Gasteiger partial charge in [-0.25, -0.2) is 19.9 Å². The molecule has 0 amide bonds. The standard InChI is InChI=1S/C60H40N6/c1-3-14-41(15-4-1)55-37-57(65-59(63-55)53-28-12-30-61-39-53)51-26-10-24-49(35-51)47-22-8-20-45(33-47)43-18-7-19-44(32-43)46-21-9-23-48(34-46)50-25-11-27-52(36-50)58-38-56(42-16-5-2-6-17-42)64-60(66-58)54-29-13-31-62-40-54/h1-40H. The average Bonchev–Trinajstić information content (AvgIpc) is 3.42. The lowest BCUT2D eigenvalue weighted by Crippen LogP contribution is -1.96. The first-order valence-electron chi connectivity index (χ1n) is 21.9. The monoisotopic (exact) mass is 844 g/mol. The minimum atomic E-state index is 0.640. The molecule has 0 spiro atoms. The van der Waals surface area contributed by atoms with E-state index in [1.807, 2.05) is 73.1 Å². The van der Waals surface area contributed by atoms with Crippen molar-refractivity contribution in [3.8, 4) is 112 Å². The summed E-state index contributed by atoms with van der Waals surface area (Å²) >= 11 is 0. The molecule has 0 N–H and O–H groups in total. The highest BCUT2D eigenvalue weighted by Crippen LogP contribution is 2.35. The third-order valence-corrected chi connectivity index (χ3v) is 11.7. The van der Waals surface area contributed by atoms with Crippen LogP contribution >= 0.6 is 0 Å². The lowest BCUT2D eigenvalue weighted by molar-refractivity contribution is 1.17. The summed E-state index contributed by atoms with van der Waals surface area (Å²) < 4.78 is 0. The number of rotatable bonds is 10. The van der Waals surface area contributed by atoms with Gasteiger partial charge in [0.15, 0.2) is 11.6 Å². The second-order valence-corrected chi connectivity index (χ2v) is 16.0. The van der Waals surface area contributed by atoms with Gasteiger partial charge >= 0.3 is 0 Å². The number of pyridine rings is 2. The molecule has 310 valence electrons. The fourth-order valence-corrected chi connectivity index (χ4v) is 8.30. The van der Waals surface area contributed by atoms with Crippen LogP contribution in [0.2, 0.25) is 0 Å². The Morgan fingerprint density at radius 1 is 0.197 bits per heavy atom. The van der Waals surface area contributed by atoms with Gasteiger partial charge in [-0.15, -0.1) is 0 Å². The van der Waals surface area contributed by atoms with E-state index in [4.69, 9.17) is 19.9 Å². The normalized spacial score (nSPS) is 11.0. The van der Waals surface area contributed by atoms with Crippen LogP contribution in [0.3, 0.4) is 0 Å². The van der Waals surface area contributed by atoms with Crippen LogP contribution in [-0.2, 0) is 0 Å². The molecule has 4 aromatic heterocycles. The van der Waals surface area contributed by atoms with Crippen LogP contribution in [0.1, 0.15) is 0 Å². The number of hydrogen-bond donors (Lipinski definition) is 0. The smallest absolute Gasteiger partial charge is 0.161 e. The molecular formula is C60H40N6. The Morgan fingerprint density at radius 3 is 0.758 bits per heavy atom.